The molecule has 1 atom stereocenters. The fraction of sp³-hybridized carbons (Fsp3) is 0.727. The first-order valence-electron chi connectivity index (χ1n) is 6.21. The molecule has 0 saturated carbocycles. The predicted octanol–water partition coefficient (Wildman–Crippen LogP) is -0.987. The first-order chi connectivity index (χ1) is 8.61. The summed E-state index contributed by atoms with van der Waals surface area (Å²) >= 11 is 0. The molecule has 0 aromatic carbocycles. The molecule has 1 aromatic heterocycles. The van der Waals surface area contributed by atoms with Gasteiger partial charge in [0.15, 0.2) is 5.69 Å². The van der Waals surface area contributed by atoms with Gasteiger partial charge >= 0.3 is 0 Å². The lowest BCUT2D eigenvalue weighted by molar-refractivity contribution is 0.0527. The van der Waals surface area contributed by atoms with E-state index in [9.17, 15) is 4.79 Å². The average Bonchev–Trinajstić information content (AvgIpc) is 2.77. The number of amides is 1. The van der Waals surface area contributed by atoms with Crippen LogP contribution in [0.15, 0.2) is 6.20 Å². The van der Waals surface area contributed by atoms with Gasteiger partial charge in [0, 0.05) is 32.2 Å². The highest BCUT2D eigenvalue weighted by atomic mass is 16.2. The van der Waals surface area contributed by atoms with Crippen LogP contribution < -0.4 is 5.73 Å². The minimum atomic E-state index is -0.0427. The Hall–Kier alpha value is -1.47. The van der Waals surface area contributed by atoms with Gasteiger partial charge in [-0.2, -0.15) is 0 Å². The quantitative estimate of drug-likeness (QED) is 0.747. The zero-order valence-electron chi connectivity index (χ0n) is 10.9. The van der Waals surface area contributed by atoms with Crippen molar-refractivity contribution in [1.82, 2.24) is 24.8 Å². The van der Waals surface area contributed by atoms with Gasteiger partial charge in [-0.1, -0.05) is 5.21 Å². The summed E-state index contributed by atoms with van der Waals surface area (Å²) < 4.78 is 1.61. The maximum Gasteiger partial charge on any atom is 0.276 e. The Morgan fingerprint density at radius 2 is 2.33 bits per heavy atom. The molecular formula is C11H20N6O. The largest absolute Gasteiger partial charge is 0.332 e. The van der Waals surface area contributed by atoms with E-state index in [1.54, 1.807) is 10.9 Å². The van der Waals surface area contributed by atoms with Crippen molar-refractivity contribution >= 4 is 5.91 Å². The minimum absolute atomic E-state index is 0.0427. The molecule has 1 aliphatic rings. The Bertz CT molecular complexity index is 417. The van der Waals surface area contributed by atoms with Crippen LogP contribution in [0.1, 0.15) is 17.4 Å². The van der Waals surface area contributed by atoms with E-state index in [2.05, 4.69) is 29.2 Å². The molecule has 1 aromatic rings. The van der Waals surface area contributed by atoms with Gasteiger partial charge in [0.05, 0.1) is 12.7 Å². The van der Waals surface area contributed by atoms with Gasteiger partial charge in [0.2, 0.25) is 0 Å². The smallest absolute Gasteiger partial charge is 0.276 e. The lowest BCUT2D eigenvalue weighted by Crippen LogP contribution is -2.52. The number of nitrogens with zero attached hydrogens (tertiary/aromatic N) is 5. The zero-order chi connectivity index (χ0) is 13.1. The average molecular weight is 252 g/mol. The van der Waals surface area contributed by atoms with Crippen molar-refractivity contribution in [3.63, 3.8) is 0 Å². The molecule has 1 aliphatic heterocycles. The maximum absolute atomic E-state index is 12.3. The van der Waals surface area contributed by atoms with Crippen LogP contribution in [0.2, 0.25) is 0 Å². The highest BCUT2D eigenvalue weighted by molar-refractivity contribution is 5.92. The van der Waals surface area contributed by atoms with Gasteiger partial charge < -0.3 is 15.5 Å². The van der Waals surface area contributed by atoms with Crippen LogP contribution in [0.5, 0.6) is 0 Å². The van der Waals surface area contributed by atoms with Crippen LogP contribution in [0.3, 0.4) is 0 Å². The molecule has 2 N–H and O–H groups in total. The Morgan fingerprint density at radius 3 is 3.00 bits per heavy atom. The number of carbonyl (C=O) groups is 1. The van der Waals surface area contributed by atoms with E-state index in [4.69, 9.17) is 5.73 Å². The second-order valence-electron chi connectivity index (χ2n) is 4.77. The standard InChI is InChI=1S/C11H20N6O/c1-9-7-15(2)5-6-17(9)11(18)10-8-16(4-3-12)14-13-10/h8-9H,3-7,12H2,1-2H3. The number of hydrogen-bond acceptors (Lipinski definition) is 5. The first-order valence-corrected chi connectivity index (χ1v) is 6.21. The van der Waals surface area contributed by atoms with Crippen molar-refractivity contribution in [1.29, 1.82) is 0 Å². The van der Waals surface area contributed by atoms with Crippen LogP contribution in [0, 0.1) is 0 Å². The number of nitrogens with two attached hydrogens (primary N) is 1. The summed E-state index contributed by atoms with van der Waals surface area (Å²) in [6.07, 6.45) is 1.67. The molecule has 0 aliphatic carbocycles. The molecular weight excluding hydrogens is 232 g/mol. The summed E-state index contributed by atoms with van der Waals surface area (Å²) in [5, 5.41) is 7.81. The summed E-state index contributed by atoms with van der Waals surface area (Å²) in [7, 11) is 2.07. The van der Waals surface area contributed by atoms with Crippen molar-refractivity contribution < 1.29 is 4.79 Å². The van der Waals surface area contributed by atoms with Crippen LogP contribution in [0.25, 0.3) is 0 Å². The zero-order valence-corrected chi connectivity index (χ0v) is 10.9. The lowest BCUT2D eigenvalue weighted by Gasteiger charge is -2.37. The molecule has 0 radical (unpaired) electrons. The molecule has 1 saturated heterocycles. The van der Waals surface area contributed by atoms with E-state index >= 15 is 0 Å². The van der Waals surface area contributed by atoms with Crippen LogP contribution >= 0.6 is 0 Å². The van der Waals surface area contributed by atoms with Crippen LogP contribution in [-0.4, -0.2) is 70.0 Å². The molecule has 1 unspecified atom stereocenters. The SMILES string of the molecule is CC1CN(C)CCN1C(=O)c1cn(CCN)nn1. The van der Waals surface area contributed by atoms with Crippen molar-refractivity contribution in [2.75, 3.05) is 33.2 Å². The third-order valence-electron chi connectivity index (χ3n) is 3.21. The predicted molar refractivity (Wildman–Crippen MR) is 67.1 cm³/mol. The second-order valence-corrected chi connectivity index (χ2v) is 4.77. The molecule has 7 heteroatoms. The Morgan fingerprint density at radius 1 is 1.56 bits per heavy atom. The molecule has 0 bridgehead atoms. The van der Waals surface area contributed by atoms with E-state index < -0.39 is 0 Å². The van der Waals surface area contributed by atoms with Crippen LogP contribution in [0.4, 0.5) is 0 Å². The highest BCUT2D eigenvalue weighted by Gasteiger charge is 2.28. The summed E-state index contributed by atoms with van der Waals surface area (Å²) in [6, 6.07) is 0.205. The van der Waals surface area contributed by atoms with E-state index in [0.717, 1.165) is 19.6 Å². The maximum atomic E-state index is 12.3. The molecule has 100 valence electrons. The van der Waals surface area contributed by atoms with Gasteiger partial charge in [0.1, 0.15) is 0 Å². The number of likely N-dealkylation sites (N-methyl/N-ethyl adjacent to an activating group) is 1. The normalized spacial score (nSPS) is 21.3. The monoisotopic (exact) mass is 252 g/mol. The molecule has 1 fully saturated rings. The first kappa shape index (κ1) is 13.0. The van der Waals surface area contributed by atoms with E-state index in [1.807, 2.05) is 4.90 Å². The van der Waals surface area contributed by atoms with Gasteiger partial charge in [-0.3, -0.25) is 9.48 Å². The van der Waals surface area contributed by atoms with E-state index in [1.165, 1.54) is 0 Å². The van der Waals surface area contributed by atoms with Crippen molar-refractivity contribution in [2.24, 2.45) is 5.73 Å². The number of rotatable bonds is 3. The molecule has 0 spiro atoms. The van der Waals surface area contributed by atoms with Gasteiger partial charge in [0.25, 0.3) is 5.91 Å². The number of piperazine rings is 1. The van der Waals surface area contributed by atoms with Gasteiger partial charge in [-0.05, 0) is 14.0 Å². The Kier molecular flexibility index (Phi) is 3.93. The third-order valence-corrected chi connectivity index (χ3v) is 3.21. The summed E-state index contributed by atoms with van der Waals surface area (Å²) in [5.41, 5.74) is 5.84. The minimum Gasteiger partial charge on any atom is -0.332 e. The summed E-state index contributed by atoms with van der Waals surface area (Å²) in [5.74, 6) is -0.0427. The highest BCUT2D eigenvalue weighted by Crippen LogP contribution is 2.11. The summed E-state index contributed by atoms with van der Waals surface area (Å²) in [4.78, 5) is 16.4. The third kappa shape index (κ3) is 2.68. The summed E-state index contributed by atoms with van der Waals surface area (Å²) in [6.45, 7) is 5.65. The van der Waals surface area contributed by atoms with Gasteiger partial charge in [-0.15, -0.1) is 5.10 Å². The van der Waals surface area contributed by atoms with Gasteiger partial charge in [-0.25, -0.2) is 0 Å². The molecule has 18 heavy (non-hydrogen) atoms. The topological polar surface area (TPSA) is 80.3 Å². The van der Waals surface area contributed by atoms with Crippen molar-refractivity contribution in [3.05, 3.63) is 11.9 Å². The number of hydrogen-bond donors (Lipinski definition) is 1. The molecule has 1 amide bonds. The fourth-order valence-corrected chi connectivity index (χ4v) is 2.23. The fourth-order valence-electron chi connectivity index (χ4n) is 2.23. The Balaban J connectivity index is 2.05. The molecule has 2 rings (SSSR count). The molecule has 2 heterocycles. The number of carbonyl (C=O) groups excluding carboxylic acids is 1. The Labute approximate surface area is 107 Å². The second kappa shape index (κ2) is 5.45. The van der Waals surface area contributed by atoms with Crippen molar-refractivity contribution in [3.8, 4) is 0 Å². The molecule has 7 nitrogen and oxygen atoms in total. The lowest BCUT2D eigenvalue weighted by atomic mass is 10.2. The van der Waals surface area contributed by atoms with Crippen molar-refractivity contribution in [2.45, 2.75) is 19.5 Å². The number of aromatic nitrogens is 3. The van der Waals surface area contributed by atoms with E-state index in [0.29, 0.717) is 18.8 Å². The van der Waals surface area contributed by atoms with Crippen LogP contribution in [-0.2, 0) is 6.54 Å². The van der Waals surface area contributed by atoms with E-state index in [-0.39, 0.29) is 11.9 Å².